The van der Waals surface area contributed by atoms with Gasteiger partial charge in [0, 0.05) is 0 Å². The Morgan fingerprint density at radius 1 is 1.41 bits per heavy atom. The van der Waals surface area contributed by atoms with E-state index in [1.807, 2.05) is 0 Å². The Morgan fingerprint density at radius 2 is 2.05 bits per heavy atom. The Hall–Kier alpha value is -1.90. The monoisotopic (exact) mass is 335 g/mol. The van der Waals surface area contributed by atoms with E-state index in [2.05, 4.69) is 10.6 Å². The van der Waals surface area contributed by atoms with E-state index in [0.29, 0.717) is 6.07 Å². The topological polar surface area (TPSA) is 44.4 Å². The first-order valence-electron chi connectivity index (χ1n) is 6.27. The molecule has 0 unspecified atom stereocenters. The van der Waals surface area contributed by atoms with E-state index < -0.39 is 34.8 Å². The predicted octanol–water partition coefficient (Wildman–Crippen LogP) is 3.35. The lowest BCUT2D eigenvalue weighted by Gasteiger charge is -2.19. The third-order valence-corrected chi connectivity index (χ3v) is 3.34. The molecule has 4 nitrogen and oxygen atoms in total. The SMILES string of the molecule is CC1(C)CN(C(=O)Nc2ccc(F)cc2C(F)(F)F)C(=S)N1. The molecule has 0 aromatic heterocycles. The summed E-state index contributed by atoms with van der Waals surface area (Å²) < 4.78 is 51.7. The average Bonchev–Trinajstić information content (AvgIpc) is 2.64. The van der Waals surface area contributed by atoms with Crippen molar-refractivity contribution >= 4 is 29.0 Å². The smallest absolute Gasteiger partial charge is 0.355 e. The van der Waals surface area contributed by atoms with Gasteiger partial charge in [-0.05, 0) is 44.3 Å². The number of halogens is 4. The fourth-order valence-electron chi connectivity index (χ4n) is 2.07. The van der Waals surface area contributed by atoms with Gasteiger partial charge in [0.15, 0.2) is 5.11 Å². The van der Waals surface area contributed by atoms with E-state index in [-0.39, 0.29) is 11.7 Å². The molecule has 0 radical (unpaired) electrons. The quantitative estimate of drug-likeness (QED) is 0.611. The van der Waals surface area contributed by atoms with Crippen LogP contribution in [0.25, 0.3) is 0 Å². The largest absolute Gasteiger partial charge is 0.418 e. The third-order valence-electron chi connectivity index (χ3n) is 3.02. The summed E-state index contributed by atoms with van der Waals surface area (Å²) in [6.07, 6.45) is -4.78. The number of nitrogens with one attached hydrogen (secondary N) is 2. The third kappa shape index (κ3) is 3.46. The Labute approximate surface area is 129 Å². The van der Waals surface area contributed by atoms with Crippen LogP contribution >= 0.6 is 12.2 Å². The summed E-state index contributed by atoms with van der Waals surface area (Å²) in [6.45, 7) is 3.80. The molecule has 1 saturated heterocycles. The molecule has 2 rings (SSSR count). The molecule has 0 aliphatic carbocycles. The van der Waals surface area contributed by atoms with E-state index >= 15 is 0 Å². The summed E-state index contributed by atoms with van der Waals surface area (Å²) in [4.78, 5) is 13.2. The van der Waals surface area contributed by atoms with Crippen molar-refractivity contribution in [1.82, 2.24) is 10.2 Å². The van der Waals surface area contributed by atoms with Crippen molar-refractivity contribution in [2.24, 2.45) is 0 Å². The van der Waals surface area contributed by atoms with Crippen LogP contribution in [0.5, 0.6) is 0 Å². The zero-order chi connectivity index (χ0) is 16.7. The lowest BCUT2D eigenvalue weighted by atomic mass is 10.1. The Bertz CT molecular complexity index is 630. The van der Waals surface area contributed by atoms with Crippen molar-refractivity contribution in [2.75, 3.05) is 11.9 Å². The van der Waals surface area contributed by atoms with Crippen molar-refractivity contribution < 1.29 is 22.4 Å². The maximum Gasteiger partial charge on any atom is 0.418 e. The number of carbonyl (C=O) groups is 1. The van der Waals surface area contributed by atoms with Gasteiger partial charge in [-0.15, -0.1) is 0 Å². The van der Waals surface area contributed by atoms with E-state index in [4.69, 9.17) is 12.2 Å². The summed E-state index contributed by atoms with van der Waals surface area (Å²) in [5.74, 6) is -1.04. The van der Waals surface area contributed by atoms with Crippen molar-refractivity contribution in [3.63, 3.8) is 0 Å². The molecule has 0 spiro atoms. The molecule has 1 fully saturated rings. The first-order chi connectivity index (χ1) is 9.99. The van der Waals surface area contributed by atoms with Crippen LogP contribution in [0.4, 0.5) is 28.0 Å². The number of hydrogen-bond donors (Lipinski definition) is 2. The van der Waals surface area contributed by atoms with Gasteiger partial charge in [0.25, 0.3) is 0 Å². The maximum atomic E-state index is 13.0. The number of thiocarbonyl (C=S) groups is 1. The van der Waals surface area contributed by atoms with Gasteiger partial charge in [-0.25, -0.2) is 9.18 Å². The molecule has 0 bridgehead atoms. The van der Waals surface area contributed by atoms with Gasteiger partial charge in [-0.1, -0.05) is 0 Å². The lowest BCUT2D eigenvalue weighted by Crippen LogP contribution is -2.37. The van der Waals surface area contributed by atoms with Crippen molar-refractivity contribution in [3.05, 3.63) is 29.6 Å². The number of hydrogen-bond acceptors (Lipinski definition) is 2. The number of benzene rings is 1. The maximum absolute atomic E-state index is 13.0. The van der Waals surface area contributed by atoms with E-state index in [1.54, 1.807) is 13.8 Å². The van der Waals surface area contributed by atoms with Gasteiger partial charge >= 0.3 is 12.2 Å². The molecule has 1 heterocycles. The van der Waals surface area contributed by atoms with Gasteiger partial charge in [0.05, 0.1) is 23.3 Å². The highest BCUT2D eigenvalue weighted by Gasteiger charge is 2.38. The highest BCUT2D eigenvalue weighted by Crippen LogP contribution is 2.35. The van der Waals surface area contributed by atoms with Crippen molar-refractivity contribution in [1.29, 1.82) is 0 Å². The fraction of sp³-hybridized carbons (Fsp3) is 0.385. The van der Waals surface area contributed by atoms with Crippen molar-refractivity contribution in [2.45, 2.75) is 25.6 Å². The zero-order valence-electron chi connectivity index (χ0n) is 11.7. The standard InChI is InChI=1S/C13H13F4N3OS/c1-12(2)6-20(11(22)19-12)10(21)18-9-4-3-7(14)5-8(9)13(15,16)17/h3-5H,6H2,1-2H3,(H,18,21)(H,19,22). The van der Waals surface area contributed by atoms with Crippen LogP contribution in [0.3, 0.4) is 0 Å². The number of rotatable bonds is 1. The van der Waals surface area contributed by atoms with E-state index in [0.717, 1.165) is 17.0 Å². The molecular weight excluding hydrogens is 322 g/mol. The van der Waals surface area contributed by atoms with E-state index in [1.165, 1.54) is 0 Å². The Balaban J connectivity index is 2.25. The van der Waals surface area contributed by atoms with Crippen LogP contribution in [0.2, 0.25) is 0 Å². The molecule has 120 valence electrons. The Kier molecular flexibility index (Phi) is 4.03. The van der Waals surface area contributed by atoms with Gasteiger partial charge in [-0.3, -0.25) is 4.90 Å². The highest BCUT2D eigenvalue weighted by molar-refractivity contribution is 7.80. The average molecular weight is 335 g/mol. The van der Waals surface area contributed by atoms with Crippen LogP contribution in [-0.4, -0.2) is 28.1 Å². The number of carbonyl (C=O) groups excluding carboxylic acids is 1. The molecule has 22 heavy (non-hydrogen) atoms. The van der Waals surface area contributed by atoms with Crippen LogP contribution < -0.4 is 10.6 Å². The minimum Gasteiger partial charge on any atom is -0.355 e. The lowest BCUT2D eigenvalue weighted by molar-refractivity contribution is -0.137. The van der Waals surface area contributed by atoms with Gasteiger partial charge in [0.2, 0.25) is 0 Å². The summed E-state index contributed by atoms with van der Waals surface area (Å²) >= 11 is 4.98. The van der Waals surface area contributed by atoms with Crippen molar-refractivity contribution in [3.8, 4) is 0 Å². The molecule has 9 heteroatoms. The number of anilines is 1. The molecule has 1 aromatic carbocycles. The molecule has 0 saturated carbocycles. The first kappa shape index (κ1) is 16.5. The minimum absolute atomic E-state index is 0.123. The fourth-order valence-corrected chi connectivity index (χ4v) is 2.49. The summed E-state index contributed by atoms with van der Waals surface area (Å²) in [5, 5.41) is 5.13. The number of nitrogens with zero attached hydrogens (tertiary/aromatic N) is 1. The molecule has 1 aliphatic rings. The summed E-state index contributed by atoms with van der Waals surface area (Å²) in [7, 11) is 0. The molecular formula is C13H13F4N3OS. The molecule has 2 amide bonds. The second-order valence-corrected chi connectivity index (χ2v) is 5.90. The summed E-state index contributed by atoms with van der Waals surface area (Å²) in [6, 6.07) is 1.24. The van der Waals surface area contributed by atoms with E-state index in [9.17, 15) is 22.4 Å². The molecule has 0 atom stereocenters. The number of alkyl halides is 3. The Morgan fingerprint density at radius 3 is 2.55 bits per heavy atom. The molecule has 1 aromatic rings. The van der Waals surface area contributed by atoms with Gasteiger partial charge < -0.3 is 10.6 Å². The highest BCUT2D eigenvalue weighted by atomic mass is 32.1. The van der Waals surface area contributed by atoms with Crippen LogP contribution in [0, 0.1) is 5.82 Å². The van der Waals surface area contributed by atoms with Crippen LogP contribution in [0.1, 0.15) is 19.4 Å². The minimum atomic E-state index is -4.78. The molecule has 1 aliphatic heterocycles. The van der Waals surface area contributed by atoms with Crippen LogP contribution in [-0.2, 0) is 6.18 Å². The zero-order valence-corrected chi connectivity index (χ0v) is 12.5. The number of amides is 2. The molecule has 2 N–H and O–H groups in total. The second-order valence-electron chi connectivity index (χ2n) is 5.52. The predicted molar refractivity (Wildman–Crippen MR) is 76.9 cm³/mol. The first-order valence-corrected chi connectivity index (χ1v) is 6.68. The normalized spacial score (nSPS) is 17.4. The van der Waals surface area contributed by atoms with Gasteiger partial charge in [0.1, 0.15) is 5.82 Å². The second kappa shape index (κ2) is 5.38. The van der Waals surface area contributed by atoms with Gasteiger partial charge in [-0.2, -0.15) is 13.2 Å². The number of urea groups is 1. The van der Waals surface area contributed by atoms with Crippen LogP contribution in [0.15, 0.2) is 18.2 Å². The summed E-state index contributed by atoms with van der Waals surface area (Å²) in [5.41, 5.74) is -2.24.